The molecule has 0 amide bonds. The zero-order chi connectivity index (χ0) is 19.6. The average molecular weight is 391 g/mol. The summed E-state index contributed by atoms with van der Waals surface area (Å²) in [6.07, 6.45) is 4.24. The Morgan fingerprint density at radius 1 is 1.19 bits per heavy atom. The maximum atomic E-state index is 13.1. The normalized spacial score (nSPS) is 20.0. The first-order chi connectivity index (χ1) is 12.8. The Morgan fingerprint density at radius 2 is 1.89 bits per heavy atom. The van der Waals surface area contributed by atoms with E-state index < -0.39 is 10.0 Å². The van der Waals surface area contributed by atoms with Gasteiger partial charge in [0.15, 0.2) is 0 Å². The first-order valence-corrected chi connectivity index (χ1v) is 10.5. The second-order valence-electron chi connectivity index (χ2n) is 7.06. The van der Waals surface area contributed by atoms with Crippen molar-refractivity contribution in [3.8, 4) is 5.75 Å². The number of ether oxygens (including phenoxy) is 2. The quantitative estimate of drug-likeness (QED) is 0.820. The summed E-state index contributed by atoms with van der Waals surface area (Å²) in [7, 11) is -2.07. The fourth-order valence-corrected chi connectivity index (χ4v) is 5.30. The summed E-state index contributed by atoms with van der Waals surface area (Å²) in [6.45, 7) is 6.46. The van der Waals surface area contributed by atoms with Gasteiger partial charge in [-0.05, 0) is 67.6 Å². The second-order valence-corrected chi connectivity index (χ2v) is 8.74. The molecule has 0 saturated carbocycles. The molecule has 3 rings (SSSR count). The molecule has 2 unspecified atom stereocenters. The summed E-state index contributed by atoms with van der Waals surface area (Å²) in [5.74, 6) is 0.814. The molecular weight excluding hydrogens is 364 g/mol. The molecule has 2 heterocycles. The fourth-order valence-electron chi connectivity index (χ4n) is 3.63. The molecule has 6 nitrogen and oxygen atoms in total. The number of benzene rings is 1. The third-order valence-corrected chi connectivity index (χ3v) is 6.84. The number of hydrogen-bond acceptors (Lipinski definition) is 5. The number of methoxy groups -OCH3 is 1. The standard InChI is InChI=1S/C20H26N2O4S/c1-13-9-19(14(2)15(3)20(13)25-4)27(23,24)22-18-12-26-11-17(18)10-16-5-7-21-8-6-16/h5-9,17-18,22H,10-12H2,1-4H3. The largest absolute Gasteiger partial charge is 0.496 e. The highest BCUT2D eigenvalue weighted by Gasteiger charge is 2.33. The van der Waals surface area contributed by atoms with Gasteiger partial charge in [0.1, 0.15) is 5.75 Å². The summed E-state index contributed by atoms with van der Waals surface area (Å²) in [5, 5.41) is 0. The lowest BCUT2D eigenvalue weighted by molar-refractivity contribution is 0.183. The van der Waals surface area contributed by atoms with E-state index >= 15 is 0 Å². The van der Waals surface area contributed by atoms with E-state index in [4.69, 9.17) is 9.47 Å². The molecule has 2 atom stereocenters. The Labute approximate surface area is 161 Å². The van der Waals surface area contributed by atoms with Gasteiger partial charge in [0.25, 0.3) is 0 Å². The number of pyridine rings is 1. The molecule has 1 aromatic heterocycles. The molecule has 1 aliphatic heterocycles. The Hall–Kier alpha value is -1.96. The maximum absolute atomic E-state index is 13.1. The minimum Gasteiger partial charge on any atom is -0.496 e. The maximum Gasteiger partial charge on any atom is 0.241 e. The van der Waals surface area contributed by atoms with Crippen LogP contribution in [0.4, 0.5) is 0 Å². The van der Waals surface area contributed by atoms with Crippen molar-refractivity contribution >= 4 is 10.0 Å². The summed E-state index contributed by atoms with van der Waals surface area (Å²) >= 11 is 0. The first kappa shape index (κ1) is 19.8. The number of nitrogens with one attached hydrogen (secondary N) is 1. The van der Waals surface area contributed by atoms with Crippen molar-refractivity contribution < 1.29 is 17.9 Å². The van der Waals surface area contributed by atoms with Crippen LogP contribution in [0, 0.1) is 26.7 Å². The molecule has 1 N–H and O–H groups in total. The van der Waals surface area contributed by atoms with Crippen LogP contribution in [0.25, 0.3) is 0 Å². The second kappa shape index (κ2) is 7.96. The van der Waals surface area contributed by atoms with Crippen molar-refractivity contribution in [2.45, 2.75) is 38.1 Å². The highest BCUT2D eigenvalue weighted by atomic mass is 32.2. The van der Waals surface area contributed by atoms with Gasteiger partial charge in [-0.1, -0.05) is 0 Å². The van der Waals surface area contributed by atoms with Crippen LogP contribution >= 0.6 is 0 Å². The van der Waals surface area contributed by atoms with E-state index in [9.17, 15) is 8.42 Å². The molecule has 27 heavy (non-hydrogen) atoms. The van der Waals surface area contributed by atoms with Gasteiger partial charge in [-0.2, -0.15) is 0 Å². The van der Waals surface area contributed by atoms with E-state index in [-0.39, 0.29) is 12.0 Å². The number of aryl methyl sites for hydroxylation is 1. The Kier molecular flexibility index (Phi) is 5.83. The van der Waals surface area contributed by atoms with Gasteiger partial charge in [-0.15, -0.1) is 0 Å². The Balaban J connectivity index is 1.84. The average Bonchev–Trinajstić information content (AvgIpc) is 3.05. The van der Waals surface area contributed by atoms with Crippen LogP contribution in [0.5, 0.6) is 5.75 Å². The zero-order valence-corrected chi connectivity index (χ0v) is 17.0. The van der Waals surface area contributed by atoms with Gasteiger partial charge in [-0.3, -0.25) is 4.98 Å². The van der Waals surface area contributed by atoms with Crippen LogP contribution in [0.3, 0.4) is 0 Å². The number of hydrogen-bond donors (Lipinski definition) is 1. The van der Waals surface area contributed by atoms with Crippen LogP contribution in [-0.2, 0) is 21.2 Å². The minimum absolute atomic E-state index is 0.0860. The molecule has 0 bridgehead atoms. The van der Waals surface area contributed by atoms with Crippen LogP contribution in [-0.4, -0.2) is 39.8 Å². The van der Waals surface area contributed by atoms with Crippen LogP contribution in [0.1, 0.15) is 22.3 Å². The SMILES string of the molecule is COc1c(C)cc(S(=O)(=O)NC2COCC2Cc2ccncc2)c(C)c1C. The van der Waals surface area contributed by atoms with E-state index in [1.807, 2.05) is 32.9 Å². The van der Waals surface area contributed by atoms with Crippen molar-refractivity contribution in [3.05, 3.63) is 52.8 Å². The highest BCUT2D eigenvalue weighted by Crippen LogP contribution is 2.31. The number of sulfonamides is 1. The van der Waals surface area contributed by atoms with Crippen molar-refractivity contribution in [2.75, 3.05) is 20.3 Å². The Bertz CT molecular complexity index is 913. The molecule has 0 spiro atoms. The summed E-state index contributed by atoms with van der Waals surface area (Å²) < 4.78 is 40.0. The van der Waals surface area contributed by atoms with Gasteiger partial charge in [0.2, 0.25) is 10.0 Å². The van der Waals surface area contributed by atoms with Crippen LogP contribution in [0.2, 0.25) is 0 Å². The lowest BCUT2D eigenvalue weighted by Gasteiger charge is -2.21. The van der Waals surface area contributed by atoms with Gasteiger partial charge in [-0.25, -0.2) is 13.1 Å². The smallest absolute Gasteiger partial charge is 0.241 e. The van der Waals surface area contributed by atoms with Gasteiger partial charge >= 0.3 is 0 Å². The van der Waals surface area contributed by atoms with Crippen LogP contribution < -0.4 is 9.46 Å². The molecule has 0 aliphatic carbocycles. The zero-order valence-electron chi connectivity index (χ0n) is 16.2. The summed E-state index contributed by atoms with van der Waals surface area (Å²) in [5.41, 5.74) is 3.47. The monoisotopic (exact) mass is 390 g/mol. The molecule has 1 aromatic carbocycles. The van der Waals surface area contributed by atoms with E-state index in [0.717, 1.165) is 28.9 Å². The topological polar surface area (TPSA) is 77.5 Å². The molecule has 146 valence electrons. The molecular formula is C20H26N2O4S. The Morgan fingerprint density at radius 3 is 2.56 bits per heavy atom. The summed E-state index contributed by atoms with van der Waals surface area (Å²) in [4.78, 5) is 4.32. The lowest BCUT2D eigenvalue weighted by atomic mass is 9.96. The molecule has 7 heteroatoms. The van der Waals surface area contributed by atoms with E-state index in [1.54, 1.807) is 25.6 Å². The van der Waals surface area contributed by atoms with Gasteiger partial charge < -0.3 is 9.47 Å². The minimum atomic E-state index is -3.67. The van der Waals surface area contributed by atoms with Gasteiger partial charge in [0.05, 0.1) is 31.3 Å². The van der Waals surface area contributed by atoms with Crippen molar-refractivity contribution in [1.82, 2.24) is 9.71 Å². The number of aromatic nitrogens is 1. The first-order valence-electron chi connectivity index (χ1n) is 8.97. The molecule has 1 aliphatic rings. The van der Waals surface area contributed by atoms with Crippen molar-refractivity contribution in [1.29, 1.82) is 0 Å². The highest BCUT2D eigenvalue weighted by molar-refractivity contribution is 7.89. The van der Waals surface area contributed by atoms with E-state index in [1.165, 1.54) is 0 Å². The van der Waals surface area contributed by atoms with Crippen LogP contribution in [0.15, 0.2) is 35.5 Å². The third-order valence-electron chi connectivity index (χ3n) is 5.22. The molecule has 0 radical (unpaired) electrons. The summed E-state index contributed by atoms with van der Waals surface area (Å²) in [6, 6.07) is 5.32. The predicted octanol–water partition coefficient (Wildman–Crippen LogP) is 2.55. The molecule has 1 fully saturated rings. The molecule has 1 saturated heterocycles. The lowest BCUT2D eigenvalue weighted by Crippen LogP contribution is -2.40. The van der Waals surface area contributed by atoms with Gasteiger partial charge in [0, 0.05) is 18.3 Å². The number of nitrogens with zero attached hydrogens (tertiary/aromatic N) is 1. The number of rotatable bonds is 6. The molecule has 2 aromatic rings. The third kappa shape index (κ3) is 4.15. The van der Waals surface area contributed by atoms with Crippen molar-refractivity contribution in [3.63, 3.8) is 0 Å². The predicted molar refractivity (Wildman–Crippen MR) is 104 cm³/mol. The van der Waals surface area contributed by atoms with E-state index in [2.05, 4.69) is 9.71 Å². The van der Waals surface area contributed by atoms with E-state index in [0.29, 0.717) is 23.7 Å². The van der Waals surface area contributed by atoms with Crippen molar-refractivity contribution in [2.24, 2.45) is 5.92 Å². The fraction of sp³-hybridized carbons (Fsp3) is 0.450.